The molecule has 6 heteroatoms. The molecule has 0 radical (unpaired) electrons. The first-order valence-corrected chi connectivity index (χ1v) is 4.98. The van der Waals surface area contributed by atoms with E-state index in [1.807, 2.05) is 0 Å². The molecule has 1 N–H and O–H groups in total. The molecule has 0 fully saturated rings. The van der Waals surface area contributed by atoms with E-state index in [1.165, 1.54) is 13.4 Å². The maximum atomic E-state index is 9.58. The lowest BCUT2D eigenvalue weighted by Gasteiger charge is -2.03. The maximum absolute atomic E-state index is 9.58. The van der Waals surface area contributed by atoms with Crippen LogP contribution in [0.5, 0.6) is 11.5 Å². The van der Waals surface area contributed by atoms with Crippen LogP contribution in [-0.4, -0.2) is 33.3 Å². The highest BCUT2D eigenvalue weighted by atomic mass is 16.5. The van der Waals surface area contributed by atoms with Gasteiger partial charge in [-0.1, -0.05) is 0 Å². The average molecular weight is 232 g/mol. The topological polar surface area (TPSA) is 72.5 Å². The van der Waals surface area contributed by atoms with Gasteiger partial charge >= 0.3 is 0 Å². The molecule has 0 saturated heterocycles. The van der Waals surface area contributed by atoms with Gasteiger partial charge in [-0.15, -0.1) is 10.2 Å². The number of aromatic hydroxyl groups is 1. The van der Waals surface area contributed by atoms with Crippen molar-refractivity contribution < 1.29 is 9.84 Å². The van der Waals surface area contributed by atoms with E-state index in [2.05, 4.69) is 15.3 Å². The third-order valence-corrected chi connectivity index (χ3v) is 2.23. The second-order valence-corrected chi connectivity index (χ2v) is 3.40. The second-order valence-electron chi connectivity index (χ2n) is 3.40. The molecule has 0 atom stereocenters. The summed E-state index contributed by atoms with van der Waals surface area (Å²) in [5.41, 5.74) is 0.761. The van der Waals surface area contributed by atoms with Gasteiger partial charge in [-0.3, -0.25) is 0 Å². The van der Waals surface area contributed by atoms with Crippen LogP contribution in [-0.2, 0) is 0 Å². The van der Waals surface area contributed by atoms with Crippen LogP contribution in [0.2, 0.25) is 0 Å². The number of phenolic OH excluding ortho intramolecular Hbond substituents is 1. The van der Waals surface area contributed by atoms with Crippen molar-refractivity contribution in [2.24, 2.45) is 5.10 Å². The summed E-state index contributed by atoms with van der Waals surface area (Å²) in [5.74, 6) is 1.21. The number of phenols is 1. The number of benzene rings is 1. The Hall–Kier alpha value is -2.37. The first-order chi connectivity index (χ1) is 8.20. The summed E-state index contributed by atoms with van der Waals surface area (Å²) in [5, 5.41) is 21.2. The van der Waals surface area contributed by atoms with Gasteiger partial charge in [0.05, 0.1) is 13.3 Å². The summed E-state index contributed by atoms with van der Waals surface area (Å²) >= 11 is 0. The number of rotatable bonds is 3. The monoisotopic (exact) mass is 232 g/mol. The number of methoxy groups -OCH3 is 1. The predicted molar refractivity (Wildman–Crippen MR) is 62.4 cm³/mol. The lowest BCUT2D eigenvalue weighted by atomic mass is 10.2. The van der Waals surface area contributed by atoms with Gasteiger partial charge in [-0.25, -0.2) is 4.68 Å². The van der Waals surface area contributed by atoms with E-state index in [0.717, 1.165) is 5.56 Å². The zero-order valence-electron chi connectivity index (χ0n) is 9.53. The van der Waals surface area contributed by atoms with E-state index in [1.54, 1.807) is 36.0 Å². The van der Waals surface area contributed by atoms with Crippen LogP contribution >= 0.6 is 0 Å². The van der Waals surface area contributed by atoms with Crippen molar-refractivity contribution in [3.05, 3.63) is 35.9 Å². The smallest absolute Gasteiger partial charge is 0.160 e. The number of aryl methyl sites for hydroxylation is 1. The molecule has 0 amide bonds. The zero-order chi connectivity index (χ0) is 12.3. The van der Waals surface area contributed by atoms with E-state index in [9.17, 15) is 5.11 Å². The molecule has 17 heavy (non-hydrogen) atoms. The van der Waals surface area contributed by atoms with Crippen molar-refractivity contribution in [2.75, 3.05) is 7.11 Å². The minimum absolute atomic E-state index is 0.0805. The Bertz CT molecular complexity index is 548. The first-order valence-electron chi connectivity index (χ1n) is 4.98. The first kappa shape index (κ1) is 11.1. The van der Waals surface area contributed by atoms with Crippen LogP contribution in [0, 0.1) is 6.92 Å². The molecule has 1 aromatic heterocycles. The highest BCUT2D eigenvalue weighted by Gasteiger charge is 2.01. The molecule has 0 spiro atoms. The number of aromatic nitrogens is 3. The van der Waals surface area contributed by atoms with E-state index in [4.69, 9.17) is 4.74 Å². The van der Waals surface area contributed by atoms with Gasteiger partial charge in [0.15, 0.2) is 17.3 Å². The van der Waals surface area contributed by atoms with E-state index < -0.39 is 0 Å². The van der Waals surface area contributed by atoms with Crippen molar-refractivity contribution in [3.8, 4) is 11.5 Å². The van der Waals surface area contributed by atoms with Crippen molar-refractivity contribution in [1.29, 1.82) is 0 Å². The number of ether oxygens (including phenoxy) is 1. The van der Waals surface area contributed by atoms with Gasteiger partial charge in [-0.05, 0) is 30.7 Å². The highest BCUT2D eigenvalue weighted by Crippen LogP contribution is 2.25. The molecule has 1 heterocycles. The Labute approximate surface area is 98.2 Å². The standard InChI is InChI=1S/C11H12N4O2/c1-8-14-12-7-15(8)13-6-9-3-4-11(17-2)10(16)5-9/h3-7,16H,1-2H3. The van der Waals surface area contributed by atoms with Gasteiger partial charge in [0.2, 0.25) is 0 Å². The number of hydrogen-bond donors (Lipinski definition) is 1. The minimum atomic E-state index is 0.0805. The second kappa shape index (κ2) is 4.65. The minimum Gasteiger partial charge on any atom is -0.504 e. The normalized spacial score (nSPS) is 10.9. The largest absolute Gasteiger partial charge is 0.504 e. The summed E-state index contributed by atoms with van der Waals surface area (Å²) in [6.07, 6.45) is 3.12. The Morgan fingerprint density at radius 3 is 2.88 bits per heavy atom. The zero-order valence-corrected chi connectivity index (χ0v) is 9.53. The number of hydrogen-bond acceptors (Lipinski definition) is 5. The maximum Gasteiger partial charge on any atom is 0.160 e. The van der Waals surface area contributed by atoms with Crippen LogP contribution in [0.15, 0.2) is 29.6 Å². The Morgan fingerprint density at radius 2 is 2.29 bits per heavy atom. The molecular formula is C11H12N4O2. The molecule has 0 aliphatic heterocycles. The van der Waals surface area contributed by atoms with Crippen LogP contribution in [0.25, 0.3) is 0 Å². The molecule has 0 saturated carbocycles. The van der Waals surface area contributed by atoms with Crippen LogP contribution in [0.1, 0.15) is 11.4 Å². The van der Waals surface area contributed by atoms with E-state index >= 15 is 0 Å². The Morgan fingerprint density at radius 1 is 1.47 bits per heavy atom. The van der Waals surface area contributed by atoms with Crippen molar-refractivity contribution in [2.45, 2.75) is 6.92 Å². The van der Waals surface area contributed by atoms with Gasteiger partial charge in [0.1, 0.15) is 6.33 Å². The van der Waals surface area contributed by atoms with Crippen LogP contribution in [0.4, 0.5) is 0 Å². The third kappa shape index (κ3) is 2.41. The Balaban J connectivity index is 2.22. The molecule has 2 aromatic rings. The highest BCUT2D eigenvalue weighted by molar-refractivity contribution is 5.80. The fourth-order valence-electron chi connectivity index (χ4n) is 1.32. The lowest BCUT2D eigenvalue weighted by molar-refractivity contribution is 0.373. The van der Waals surface area contributed by atoms with E-state index in [0.29, 0.717) is 11.6 Å². The Kier molecular flexibility index (Phi) is 3.04. The van der Waals surface area contributed by atoms with Crippen molar-refractivity contribution in [1.82, 2.24) is 14.9 Å². The summed E-state index contributed by atoms with van der Waals surface area (Å²) in [7, 11) is 1.50. The van der Waals surface area contributed by atoms with Crippen LogP contribution < -0.4 is 4.74 Å². The molecule has 0 aliphatic carbocycles. The lowest BCUT2D eigenvalue weighted by Crippen LogP contribution is -1.92. The molecule has 2 rings (SSSR count). The molecule has 0 bridgehead atoms. The molecule has 88 valence electrons. The van der Waals surface area contributed by atoms with Gasteiger partial charge in [0, 0.05) is 0 Å². The van der Waals surface area contributed by atoms with Gasteiger partial charge < -0.3 is 9.84 Å². The molecular weight excluding hydrogens is 220 g/mol. The molecule has 6 nitrogen and oxygen atoms in total. The quantitative estimate of drug-likeness (QED) is 0.806. The summed E-state index contributed by atoms with van der Waals surface area (Å²) in [4.78, 5) is 0. The number of nitrogens with zero attached hydrogens (tertiary/aromatic N) is 4. The molecule has 1 aromatic carbocycles. The summed E-state index contributed by atoms with van der Waals surface area (Å²) in [6.45, 7) is 1.80. The van der Waals surface area contributed by atoms with Gasteiger partial charge in [0.25, 0.3) is 0 Å². The van der Waals surface area contributed by atoms with E-state index in [-0.39, 0.29) is 5.75 Å². The predicted octanol–water partition coefficient (Wildman–Crippen LogP) is 1.18. The fourth-order valence-corrected chi connectivity index (χ4v) is 1.32. The fraction of sp³-hybridized carbons (Fsp3) is 0.182. The summed E-state index contributed by atoms with van der Waals surface area (Å²) in [6, 6.07) is 5.04. The summed E-state index contributed by atoms with van der Waals surface area (Å²) < 4.78 is 6.49. The molecule has 0 aliphatic rings. The van der Waals surface area contributed by atoms with Crippen molar-refractivity contribution >= 4 is 6.21 Å². The third-order valence-electron chi connectivity index (χ3n) is 2.23. The van der Waals surface area contributed by atoms with Crippen molar-refractivity contribution in [3.63, 3.8) is 0 Å². The SMILES string of the molecule is COc1ccc(C=Nn2cnnc2C)cc1O. The van der Waals surface area contributed by atoms with Gasteiger partial charge in [-0.2, -0.15) is 5.10 Å². The van der Waals surface area contributed by atoms with Crippen LogP contribution in [0.3, 0.4) is 0 Å². The average Bonchev–Trinajstić information content (AvgIpc) is 2.72. The molecule has 0 unspecified atom stereocenters.